The minimum Gasteiger partial charge on any atom is -0.480 e. The van der Waals surface area contributed by atoms with Crippen molar-refractivity contribution in [3.63, 3.8) is 0 Å². The number of esters is 2. The number of aliphatic carboxylic acids is 1. The zero-order chi connectivity index (χ0) is 73.0. The number of carbonyl (C=O) groups excluding carboxylic acids is 10. The minimum atomic E-state index is -1.24. The summed E-state index contributed by atoms with van der Waals surface area (Å²) in [7, 11) is 0. The lowest BCUT2D eigenvalue weighted by molar-refractivity contribution is -0.149. The lowest BCUT2D eigenvalue weighted by atomic mass is 10.0. The molecule has 0 bridgehead atoms. The number of nitrogens with zero attached hydrogens (tertiary/aromatic N) is 1. The molecule has 0 unspecified atom stereocenters. The maximum absolute atomic E-state index is 13.1. The molecule has 1 aliphatic rings. The van der Waals surface area contributed by atoms with Gasteiger partial charge in [0.25, 0.3) is 11.8 Å². The van der Waals surface area contributed by atoms with E-state index in [9.17, 15) is 57.8 Å². The van der Waals surface area contributed by atoms with Crippen LogP contribution in [0.2, 0.25) is 0 Å². The fraction of sp³-hybridized carbons (Fsp3) is 0.653. The predicted molar refractivity (Wildman–Crippen MR) is 370 cm³/mol. The van der Waals surface area contributed by atoms with Crippen LogP contribution < -0.4 is 31.9 Å². The molecule has 29 nitrogen and oxygen atoms in total. The van der Waals surface area contributed by atoms with Gasteiger partial charge in [-0.2, -0.15) is 0 Å². The van der Waals surface area contributed by atoms with Crippen molar-refractivity contribution in [2.24, 2.45) is 0 Å². The number of hydrogen-bond acceptors (Lipinski definition) is 21. The molecule has 101 heavy (non-hydrogen) atoms. The van der Waals surface area contributed by atoms with Gasteiger partial charge in [0.2, 0.25) is 35.4 Å². The molecule has 8 amide bonds. The normalized spacial score (nSPS) is 12.7. The van der Waals surface area contributed by atoms with Crippen LogP contribution in [0.5, 0.6) is 0 Å². The van der Waals surface area contributed by atoms with Crippen LogP contribution in [0.1, 0.15) is 153 Å². The van der Waals surface area contributed by atoms with Crippen molar-refractivity contribution in [3.05, 3.63) is 83.9 Å². The van der Waals surface area contributed by atoms with Crippen molar-refractivity contribution in [2.45, 2.75) is 173 Å². The Kier molecular flexibility index (Phi) is 50.9. The monoisotopic (exact) mass is 1430 g/mol. The third-order valence-corrected chi connectivity index (χ3v) is 15.4. The van der Waals surface area contributed by atoms with E-state index >= 15 is 0 Å². The molecule has 3 atom stereocenters. The van der Waals surface area contributed by atoms with E-state index in [-0.39, 0.29) is 127 Å². The lowest BCUT2D eigenvalue weighted by Gasteiger charge is -2.19. The zero-order valence-electron chi connectivity index (χ0n) is 59.0. The third-order valence-electron chi connectivity index (χ3n) is 15.4. The smallest absolute Gasteiger partial charge is 0.328 e. The minimum absolute atomic E-state index is 0.00280. The van der Waals surface area contributed by atoms with Crippen LogP contribution in [-0.2, 0) is 113 Å². The molecule has 2 aromatic rings. The lowest BCUT2D eigenvalue weighted by Crippen LogP contribution is -2.50. The Bertz CT molecular complexity index is 2680. The summed E-state index contributed by atoms with van der Waals surface area (Å²) in [6.45, 7) is 7.65. The van der Waals surface area contributed by atoms with Gasteiger partial charge < -0.3 is 84.4 Å². The van der Waals surface area contributed by atoms with Gasteiger partial charge in [-0.3, -0.25) is 48.1 Å². The topological polar surface area (TPSA) is 376 Å². The number of carbonyl (C=O) groups is 11. The number of benzene rings is 2. The average molecular weight is 1430 g/mol. The number of carboxylic acid groups (broad SMARTS) is 1. The van der Waals surface area contributed by atoms with Crippen molar-refractivity contribution in [3.8, 4) is 0 Å². The Labute approximate surface area is 593 Å². The quantitative estimate of drug-likeness (QED) is 0.0270. The molecular formula is C72H111N7O22. The van der Waals surface area contributed by atoms with Crippen LogP contribution >= 0.6 is 0 Å². The van der Waals surface area contributed by atoms with Gasteiger partial charge in [0.15, 0.2) is 0 Å². The van der Waals surface area contributed by atoms with E-state index in [1.165, 1.54) is 6.92 Å². The van der Waals surface area contributed by atoms with Crippen LogP contribution in [-0.4, -0.2) is 225 Å². The summed E-state index contributed by atoms with van der Waals surface area (Å²) in [4.78, 5) is 136. The standard InChI is InChI=1S/C72H111N7O22/c1-57(76-65(83)27-20-38-79-67(85)31-32-68(79)86)70(88)78-60(71(89)90)25-18-19-35-73-63(81)33-39-92-43-47-96-51-54-99-50-46-95-42-37-75-64(82)34-40-93-44-48-97-52-53-98-49-45-94-41-36-74-62(80)30-29-61(72(91)101-56-59-23-14-11-15-24-59)77-66(84)26-16-8-6-4-2-3-5-7-9-17-28-69(87)100-55-58-21-12-10-13-22-58/h10-15,21-24,31-32,57,60-61H,2-9,16-20,25-30,33-56H2,1H3,(H,73,81)(H,74,80)(H,75,82)(H,76,83)(H,77,84)(H,78,88)(H,89,90)/t57-,60-,61-/m0/s1. The highest BCUT2D eigenvalue weighted by atomic mass is 16.6. The highest BCUT2D eigenvalue weighted by Crippen LogP contribution is 2.14. The first kappa shape index (κ1) is 87.4. The Morgan fingerprint density at radius 1 is 0.386 bits per heavy atom. The Morgan fingerprint density at radius 2 is 0.792 bits per heavy atom. The van der Waals surface area contributed by atoms with Crippen molar-refractivity contribution < 1.29 is 105 Å². The van der Waals surface area contributed by atoms with Gasteiger partial charge in [-0.1, -0.05) is 112 Å². The van der Waals surface area contributed by atoms with Gasteiger partial charge in [0.1, 0.15) is 31.3 Å². The van der Waals surface area contributed by atoms with Crippen molar-refractivity contribution >= 4 is 65.2 Å². The van der Waals surface area contributed by atoms with E-state index < -0.39 is 53.7 Å². The summed E-state index contributed by atoms with van der Waals surface area (Å²) in [6, 6.07) is 15.7. The van der Waals surface area contributed by atoms with Gasteiger partial charge in [-0.05, 0) is 63.0 Å². The highest BCUT2D eigenvalue weighted by molar-refractivity contribution is 6.12. The molecule has 1 heterocycles. The number of carboxylic acids is 1. The first-order valence-corrected chi connectivity index (χ1v) is 35.6. The van der Waals surface area contributed by atoms with Crippen LogP contribution in [0.25, 0.3) is 0 Å². The number of hydrogen-bond donors (Lipinski definition) is 7. The predicted octanol–water partition coefficient (Wildman–Crippen LogP) is 4.63. The maximum Gasteiger partial charge on any atom is 0.328 e. The van der Waals surface area contributed by atoms with E-state index in [2.05, 4.69) is 31.9 Å². The molecule has 3 rings (SSSR count). The molecule has 0 aromatic heterocycles. The first-order chi connectivity index (χ1) is 49.1. The molecule has 0 saturated heterocycles. The number of imide groups is 1. The fourth-order valence-electron chi connectivity index (χ4n) is 9.73. The van der Waals surface area contributed by atoms with Crippen LogP contribution in [0.3, 0.4) is 0 Å². The SMILES string of the molecule is C[C@H](NC(=O)CCCN1C(=O)C=CC1=O)C(=O)N[C@@H](CCCCNC(=O)CCOCCOCCOCCOCCNC(=O)CCOCCOCCOCCOCCNC(=O)CC[C@H](NC(=O)CCCCCCCCCCCCC(=O)OCc1ccccc1)C(=O)OCc1ccccc1)C(=O)O. The Balaban J connectivity index is 1.03. The number of nitrogens with one attached hydrogen (secondary N) is 6. The molecule has 2 aromatic carbocycles. The average Bonchev–Trinajstić information content (AvgIpc) is 1.78. The molecule has 566 valence electrons. The van der Waals surface area contributed by atoms with E-state index in [4.69, 9.17) is 47.4 Å². The summed E-state index contributed by atoms with van der Waals surface area (Å²) in [6.07, 6.45) is 14.5. The summed E-state index contributed by atoms with van der Waals surface area (Å²) in [5.74, 6) is -5.00. The van der Waals surface area contributed by atoms with Crippen molar-refractivity contribution in [1.29, 1.82) is 0 Å². The van der Waals surface area contributed by atoms with Gasteiger partial charge in [0.05, 0.1) is 106 Å². The molecule has 0 fully saturated rings. The molecule has 29 heteroatoms. The van der Waals surface area contributed by atoms with Gasteiger partial charge in [0, 0.05) is 76.9 Å². The summed E-state index contributed by atoms with van der Waals surface area (Å²) in [5, 5.41) is 25.6. The molecule has 7 N–H and O–H groups in total. The second-order valence-electron chi connectivity index (χ2n) is 23.8. The molecule has 0 spiro atoms. The van der Waals surface area contributed by atoms with Crippen molar-refractivity contribution in [2.75, 3.05) is 132 Å². The summed E-state index contributed by atoms with van der Waals surface area (Å²) < 4.78 is 54.9. The third kappa shape index (κ3) is 47.9. The Hall–Kier alpha value is -7.77. The number of rotatable bonds is 65. The molecule has 1 aliphatic heterocycles. The molecule has 0 saturated carbocycles. The number of amides is 8. The van der Waals surface area contributed by atoms with Gasteiger partial charge in [-0.15, -0.1) is 0 Å². The fourth-order valence-corrected chi connectivity index (χ4v) is 9.73. The van der Waals surface area contributed by atoms with Crippen molar-refractivity contribution in [1.82, 2.24) is 36.8 Å². The highest BCUT2D eigenvalue weighted by Gasteiger charge is 2.27. The van der Waals surface area contributed by atoms with Crippen LogP contribution in [0, 0.1) is 0 Å². The van der Waals surface area contributed by atoms with Gasteiger partial charge >= 0.3 is 17.9 Å². The Morgan fingerprint density at radius 3 is 1.28 bits per heavy atom. The van der Waals surface area contributed by atoms with Crippen LogP contribution in [0.4, 0.5) is 0 Å². The molecular weight excluding hydrogens is 1310 g/mol. The molecule has 0 radical (unpaired) electrons. The summed E-state index contributed by atoms with van der Waals surface area (Å²) >= 11 is 0. The second kappa shape index (κ2) is 58.8. The first-order valence-electron chi connectivity index (χ1n) is 35.6. The number of unbranched alkanes of at least 4 members (excludes halogenated alkanes) is 10. The molecule has 0 aliphatic carbocycles. The van der Waals surface area contributed by atoms with Gasteiger partial charge in [-0.25, -0.2) is 9.59 Å². The van der Waals surface area contributed by atoms with E-state index in [0.29, 0.717) is 125 Å². The van der Waals surface area contributed by atoms with E-state index in [1.807, 2.05) is 60.7 Å². The second-order valence-corrected chi connectivity index (χ2v) is 23.8. The largest absolute Gasteiger partial charge is 0.480 e. The maximum atomic E-state index is 13.1. The van der Waals surface area contributed by atoms with E-state index in [0.717, 1.165) is 86.0 Å². The van der Waals surface area contributed by atoms with E-state index in [1.54, 1.807) is 0 Å². The van der Waals surface area contributed by atoms with Crippen LogP contribution in [0.15, 0.2) is 72.8 Å². The number of ether oxygens (including phenoxy) is 10. The summed E-state index contributed by atoms with van der Waals surface area (Å²) in [5.41, 5.74) is 1.80. The zero-order valence-corrected chi connectivity index (χ0v) is 59.0.